The van der Waals surface area contributed by atoms with Gasteiger partial charge in [-0.2, -0.15) is 10.5 Å². The number of aryl methyl sites for hydroxylation is 1. The molecule has 0 bridgehead atoms. The molecule has 0 unspecified atom stereocenters. The number of nitriles is 2. The normalized spacial score (nSPS) is 10.4. The third kappa shape index (κ3) is 17.3. The summed E-state index contributed by atoms with van der Waals surface area (Å²) in [6, 6.07) is 31.6. The average molecular weight is 695 g/mol. The maximum absolute atomic E-state index is 7.32. The van der Waals surface area contributed by atoms with E-state index in [4.69, 9.17) is 29.3 Å². The average Bonchev–Trinajstić information content (AvgIpc) is 3.72. The van der Waals surface area contributed by atoms with Gasteiger partial charge in [-0.3, -0.25) is 0 Å². The first-order chi connectivity index (χ1) is 24.3. The Kier molecular flexibility index (Phi) is 31.4. The van der Waals surface area contributed by atoms with Crippen molar-refractivity contribution in [1.82, 2.24) is 0 Å². The van der Waals surface area contributed by atoms with E-state index in [1.165, 1.54) is 41.5 Å². The molecular formula is C43H64B2N2O4. The van der Waals surface area contributed by atoms with Gasteiger partial charge in [0.25, 0.3) is 0 Å². The van der Waals surface area contributed by atoms with Gasteiger partial charge in [-0.05, 0) is 83.4 Å². The summed E-state index contributed by atoms with van der Waals surface area (Å²) < 4.78 is 23.1. The number of rotatable bonds is 4. The highest BCUT2D eigenvalue weighted by Gasteiger charge is 2.26. The zero-order chi connectivity index (χ0) is 38.5. The summed E-state index contributed by atoms with van der Waals surface area (Å²) in [7, 11) is 0. The fourth-order valence-corrected chi connectivity index (χ4v) is 4.64. The van der Waals surface area contributed by atoms with Crippen molar-refractivity contribution in [3.05, 3.63) is 107 Å². The fraction of sp³-hybridized carbons (Fsp3) is 0.395. The summed E-state index contributed by atoms with van der Waals surface area (Å²) in [5, 5.41) is 14.6. The van der Waals surface area contributed by atoms with E-state index in [0.717, 1.165) is 28.6 Å². The first-order valence-electron chi connectivity index (χ1n) is 17.9. The van der Waals surface area contributed by atoms with Crippen LogP contribution < -0.4 is 20.4 Å². The van der Waals surface area contributed by atoms with Crippen LogP contribution in [0.15, 0.2) is 84.9 Å². The minimum Gasteiger partial charge on any atom is -0.457 e. The molecule has 0 atom stereocenters. The number of benzene rings is 4. The number of ether oxygens (including phenoxy) is 2. The largest absolute Gasteiger partial charge is 0.457 e. The van der Waals surface area contributed by atoms with Crippen LogP contribution in [0.3, 0.4) is 0 Å². The van der Waals surface area contributed by atoms with E-state index in [9.17, 15) is 0 Å². The SMILES string of the molecule is C.CB1OCc2c1ccc(Oc1ccccc1)c2C.CB1OCc2cc(Oc3ccccc3)c(C)cc21.CC.CC.CC.CC.CC#N.CC#N. The zero-order valence-corrected chi connectivity index (χ0v) is 33.2. The molecule has 0 saturated heterocycles. The molecule has 2 aliphatic rings. The van der Waals surface area contributed by atoms with E-state index in [0.29, 0.717) is 13.2 Å². The van der Waals surface area contributed by atoms with Crippen LogP contribution in [0.5, 0.6) is 23.0 Å². The molecule has 6 rings (SSSR count). The van der Waals surface area contributed by atoms with Gasteiger partial charge < -0.3 is 18.8 Å². The molecule has 2 aliphatic heterocycles. The fourth-order valence-electron chi connectivity index (χ4n) is 4.64. The van der Waals surface area contributed by atoms with Gasteiger partial charge in [0.15, 0.2) is 0 Å². The first-order valence-corrected chi connectivity index (χ1v) is 17.9. The summed E-state index contributed by atoms with van der Waals surface area (Å²) >= 11 is 0. The van der Waals surface area contributed by atoms with E-state index in [2.05, 4.69) is 45.7 Å². The second kappa shape index (κ2) is 31.5. The zero-order valence-electron chi connectivity index (χ0n) is 33.2. The van der Waals surface area contributed by atoms with Crippen molar-refractivity contribution in [2.45, 2.75) is 117 Å². The molecule has 4 aromatic rings. The number of fused-ring (bicyclic) bond motifs is 2. The highest BCUT2D eigenvalue weighted by atomic mass is 16.5. The van der Waals surface area contributed by atoms with E-state index in [1.807, 2.05) is 122 Å². The van der Waals surface area contributed by atoms with Gasteiger partial charge in [-0.15, -0.1) is 0 Å². The predicted octanol–water partition coefficient (Wildman–Crippen LogP) is 12.1. The molecule has 51 heavy (non-hydrogen) atoms. The van der Waals surface area contributed by atoms with Crippen molar-refractivity contribution in [2.24, 2.45) is 0 Å². The minimum absolute atomic E-state index is 0. The van der Waals surface area contributed by atoms with Crippen LogP contribution in [-0.4, -0.2) is 13.8 Å². The van der Waals surface area contributed by atoms with Gasteiger partial charge in [0.2, 0.25) is 0 Å². The Labute approximate surface area is 313 Å². The van der Waals surface area contributed by atoms with Crippen molar-refractivity contribution in [1.29, 1.82) is 10.5 Å². The Morgan fingerprint density at radius 1 is 0.588 bits per heavy atom. The van der Waals surface area contributed by atoms with Crippen molar-refractivity contribution in [2.75, 3.05) is 0 Å². The van der Waals surface area contributed by atoms with Crippen molar-refractivity contribution >= 4 is 24.8 Å². The van der Waals surface area contributed by atoms with Crippen LogP contribution in [0.25, 0.3) is 0 Å². The molecule has 8 heteroatoms. The van der Waals surface area contributed by atoms with Gasteiger partial charge in [0.05, 0.1) is 25.4 Å². The lowest BCUT2D eigenvalue weighted by molar-refractivity contribution is 0.332. The van der Waals surface area contributed by atoms with E-state index < -0.39 is 0 Å². The molecule has 0 fully saturated rings. The number of hydrogen-bond acceptors (Lipinski definition) is 6. The standard InChI is InChI=1S/2C15H15BO2.2C2H3N.4C2H6.CH4/c1-11-8-14-12(10-17-16(14)2)9-15(11)18-13-6-4-3-5-7-13;1-11-13-10-17-16(2)14(13)8-9-15(11)18-12-6-4-3-5-7-12;2*1-2-3;4*1-2;/h2*3-9H,10H2,1-2H3;2*1H3;4*1-2H3;1H4. The summed E-state index contributed by atoms with van der Waals surface area (Å²) in [6.45, 7) is 29.0. The predicted molar refractivity (Wildman–Crippen MR) is 222 cm³/mol. The Balaban J connectivity index is -0.000000661. The monoisotopic (exact) mass is 695 g/mol. The lowest BCUT2D eigenvalue weighted by Crippen LogP contribution is -2.24. The molecule has 0 radical (unpaired) electrons. The van der Waals surface area contributed by atoms with E-state index >= 15 is 0 Å². The molecule has 2 heterocycles. The van der Waals surface area contributed by atoms with Crippen LogP contribution in [0.2, 0.25) is 13.6 Å². The highest BCUT2D eigenvalue weighted by molar-refractivity contribution is 6.68. The second-order valence-electron chi connectivity index (χ2n) is 9.76. The van der Waals surface area contributed by atoms with Crippen molar-refractivity contribution in [3.63, 3.8) is 0 Å². The first kappa shape index (κ1) is 50.9. The third-order valence-electron chi connectivity index (χ3n) is 6.81. The molecule has 0 aromatic heterocycles. The smallest absolute Gasteiger partial charge is 0.324 e. The quantitative estimate of drug-likeness (QED) is 0.198. The van der Waals surface area contributed by atoms with E-state index in [1.54, 1.807) is 12.1 Å². The molecular weight excluding hydrogens is 630 g/mol. The molecule has 0 aliphatic carbocycles. The van der Waals surface area contributed by atoms with Crippen LogP contribution in [0, 0.1) is 36.5 Å². The highest BCUT2D eigenvalue weighted by Crippen LogP contribution is 2.29. The Hall–Kier alpha value is -4.49. The van der Waals surface area contributed by atoms with Gasteiger partial charge in [0, 0.05) is 13.8 Å². The second-order valence-corrected chi connectivity index (χ2v) is 9.76. The summed E-state index contributed by atoms with van der Waals surface area (Å²) in [5.74, 6) is 3.57. The third-order valence-corrected chi connectivity index (χ3v) is 6.81. The van der Waals surface area contributed by atoms with E-state index in [-0.39, 0.29) is 21.3 Å². The van der Waals surface area contributed by atoms with Crippen molar-refractivity contribution in [3.8, 4) is 35.1 Å². The summed E-state index contributed by atoms with van der Waals surface area (Å²) in [4.78, 5) is 0. The topological polar surface area (TPSA) is 84.5 Å². The Morgan fingerprint density at radius 3 is 1.47 bits per heavy atom. The Bertz CT molecular complexity index is 1480. The lowest BCUT2D eigenvalue weighted by atomic mass is 9.64. The van der Waals surface area contributed by atoms with Crippen molar-refractivity contribution < 1.29 is 18.8 Å². The van der Waals surface area contributed by atoms with Gasteiger partial charge in [0.1, 0.15) is 23.0 Å². The number of nitrogens with zero attached hydrogens (tertiary/aromatic N) is 2. The van der Waals surface area contributed by atoms with Crippen LogP contribution in [0.4, 0.5) is 0 Å². The molecule has 0 N–H and O–H groups in total. The number of para-hydroxylation sites is 2. The Morgan fingerprint density at radius 2 is 1.00 bits per heavy atom. The molecule has 0 amide bonds. The lowest BCUT2D eigenvalue weighted by Gasteiger charge is -2.12. The van der Waals surface area contributed by atoms with Gasteiger partial charge >= 0.3 is 13.8 Å². The van der Waals surface area contributed by atoms with Gasteiger partial charge in [-0.25, -0.2) is 0 Å². The van der Waals surface area contributed by atoms with Crippen LogP contribution in [-0.2, 0) is 22.5 Å². The molecule has 0 spiro atoms. The molecule has 0 saturated carbocycles. The van der Waals surface area contributed by atoms with Crippen LogP contribution >= 0.6 is 0 Å². The number of hydrogen-bond donors (Lipinski definition) is 0. The summed E-state index contributed by atoms with van der Waals surface area (Å²) in [6.07, 6.45) is 0. The van der Waals surface area contributed by atoms with Gasteiger partial charge in [-0.1, -0.05) is 125 Å². The van der Waals surface area contributed by atoms with Crippen LogP contribution in [0.1, 0.15) is 98.9 Å². The maximum Gasteiger partial charge on any atom is 0.324 e. The molecule has 4 aromatic carbocycles. The molecule has 6 nitrogen and oxygen atoms in total. The molecule has 276 valence electrons. The maximum atomic E-state index is 7.32. The summed E-state index contributed by atoms with van der Waals surface area (Å²) in [5.41, 5.74) is 7.41. The minimum atomic E-state index is 0.